The van der Waals surface area contributed by atoms with Crippen LogP contribution in [0.1, 0.15) is 33.5 Å². The second-order valence-electron chi connectivity index (χ2n) is 5.59. The Morgan fingerprint density at radius 2 is 1.77 bits per heavy atom. The molecule has 0 aliphatic rings. The van der Waals surface area contributed by atoms with Gasteiger partial charge in [-0.2, -0.15) is 5.10 Å². The van der Waals surface area contributed by atoms with Crippen LogP contribution in [-0.2, 0) is 6.42 Å². The Hall–Kier alpha value is -3.35. The van der Waals surface area contributed by atoms with Gasteiger partial charge in [0.2, 0.25) is 0 Å². The third-order valence-corrected chi connectivity index (χ3v) is 3.89. The normalized spacial score (nSPS) is 10.5. The molecular formula is C19H20N4O3. The molecule has 134 valence electrons. The van der Waals surface area contributed by atoms with E-state index in [-0.39, 0.29) is 17.6 Å². The Morgan fingerprint density at radius 3 is 2.42 bits per heavy atom. The summed E-state index contributed by atoms with van der Waals surface area (Å²) in [5.41, 5.74) is 2.29. The number of hydrogen-bond donors (Lipinski definition) is 2. The number of carbonyl (C=O) groups excluding carboxylic acids is 2. The summed E-state index contributed by atoms with van der Waals surface area (Å²) < 4.78 is 6.78. The summed E-state index contributed by atoms with van der Waals surface area (Å²) in [5.74, 6) is -0.277. The van der Waals surface area contributed by atoms with E-state index >= 15 is 0 Å². The first-order chi connectivity index (χ1) is 12.7. The number of furan rings is 1. The highest BCUT2D eigenvalue weighted by Crippen LogP contribution is 2.15. The Bertz CT molecular complexity index is 870. The quantitative estimate of drug-likeness (QED) is 0.638. The summed E-state index contributed by atoms with van der Waals surface area (Å²) in [4.78, 5) is 24.2. The molecule has 0 spiro atoms. The molecule has 2 amide bonds. The smallest absolute Gasteiger partial charge is 0.287 e. The van der Waals surface area contributed by atoms with E-state index in [0.717, 1.165) is 11.4 Å². The van der Waals surface area contributed by atoms with Gasteiger partial charge in [0.1, 0.15) is 0 Å². The van der Waals surface area contributed by atoms with Crippen molar-refractivity contribution in [3.05, 3.63) is 71.9 Å². The lowest BCUT2D eigenvalue weighted by Crippen LogP contribution is -2.34. The number of para-hydroxylation sites is 1. The van der Waals surface area contributed by atoms with Gasteiger partial charge in [0.15, 0.2) is 5.76 Å². The van der Waals surface area contributed by atoms with Crippen LogP contribution in [0.2, 0.25) is 0 Å². The molecule has 7 heteroatoms. The van der Waals surface area contributed by atoms with Gasteiger partial charge in [-0.15, -0.1) is 0 Å². The van der Waals surface area contributed by atoms with E-state index in [1.165, 1.54) is 6.26 Å². The fourth-order valence-electron chi connectivity index (χ4n) is 2.64. The first-order valence-electron chi connectivity index (χ1n) is 8.43. The van der Waals surface area contributed by atoms with E-state index in [9.17, 15) is 9.59 Å². The first kappa shape index (κ1) is 17.5. The zero-order valence-corrected chi connectivity index (χ0v) is 14.4. The van der Waals surface area contributed by atoms with Gasteiger partial charge in [0.05, 0.1) is 29.4 Å². The molecule has 3 rings (SSSR count). The number of nitrogens with zero attached hydrogens (tertiary/aromatic N) is 2. The Kier molecular flexibility index (Phi) is 5.48. The zero-order chi connectivity index (χ0) is 18.4. The summed E-state index contributed by atoms with van der Waals surface area (Å²) in [6, 6.07) is 12.9. The van der Waals surface area contributed by atoms with Crippen molar-refractivity contribution >= 4 is 11.8 Å². The van der Waals surface area contributed by atoms with Crippen molar-refractivity contribution in [2.24, 2.45) is 0 Å². The molecule has 7 nitrogen and oxygen atoms in total. The largest absolute Gasteiger partial charge is 0.459 e. The number of rotatable bonds is 7. The van der Waals surface area contributed by atoms with Crippen LogP contribution in [0, 0.1) is 0 Å². The average molecular weight is 352 g/mol. The molecule has 2 N–H and O–H groups in total. The van der Waals surface area contributed by atoms with Gasteiger partial charge in [-0.05, 0) is 30.7 Å². The van der Waals surface area contributed by atoms with Crippen molar-refractivity contribution in [3.63, 3.8) is 0 Å². The third-order valence-electron chi connectivity index (χ3n) is 3.89. The van der Waals surface area contributed by atoms with Crippen LogP contribution in [0.3, 0.4) is 0 Å². The lowest BCUT2D eigenvalue weighted by atomic mass is 10.2. The topological polar surface area (TPSA) is 89.2 Å². The molecule has 3 aromatic rings. The minimum absolute atomic E-state index is 0.212. The highest BCUT2D eigenvalue weighted by Gasteiger charge is 2.17. The second kappa shape index (κ2) is 8.15. The SMILES string of the molecule is CCc1c(C(=O)NCCNC(=O)c2ccco2)cnn1-c1ccccc1. The van der Waals surface area contributed by atoms with Crippen LogP contribution in [0.5, 0.6) is 0 Å². The standard InChI is InChI=1S/C19H20N4O3/c1-2-16-15(13-22-23(16)14-7-4-3-5-8-14)18(24)20-10-11-21-19(25)17-9-6-12-26-17/h3-9,12-13H,2,10-11H2,1H3,(H,20,24)(H,21,25). The molecule has 26 heavy (non-hydrogen) atoms. The second-order valence-corrected chi connectivity index (χ2v) is 5.59. The lowest BCUT2D eigenvalue weighted by Gasteiger charge is -2.09. The Balaban J connectivity index is 1.58. The Labute approximate surface area is 151 Å². The van der Waals surface area contributed by atoms with Crippen LogP contribution >= 0.6 is 0 Å². The zero-order valence-electron chi connectivity index (χ0n) is 14.4. The molecular weight excluding hydrogens is 332 g/mol. The van der Waals surface area contributed by atoms with Gasteiger partial charge in [-0.25, -0.2) is 4.68 Å². The molecule has 0 saturated heterocycles. The van der Waals surface area contributed by atoms with E-state index in [1.54, 1.807) is 23.0 Å². The van der Waals surface area contributed by atoms with E-state index in [4.69, 9.17) is 4.42 Å². The van der Waals surface area contributed by atoms with Gasteiger partial charge >= 0.3 is 0 Å². The molecule has 0 atom stereocenters. The molecule has 0 saturated carbocycles. The monoisotopic (exact) mass is 352 g/mol. The predicted octanol–water partition coefficient (Wildman–Crippen LogP) is 2.19. The van der Waals surface area contributed by atoms with E-state index in [2.05, 4.69) is 15.7 Å². The summed E-state index contributed by atoms with van der Waals surface area (Å²) in [6.45, 7) is 2.60. The highest BCUT2D eigenvalue weighted by molar-refractivity contribution is 5.95. The lowest BCUT2D eigenvalue weighted by molar-refractivity contribution is 0.0910. The van der Waals surface area contributed by atoms with Crippen LogP contribution < -0.4 is 10.6 Å². The first-order valence-corrected chi connectivity index (χ1v) is 8.43. The fraction of sp³-hybridized carbons (Fsp3) is 0.211. The number of carbonyl (C=O) groups is 2. The van der Waals surface area contributed by atoms with Gasteiger partial charge in [0, 0.05) is 13.1 Å². The summed E-state index contributed by atoms with van der Waals surface area (Å²) in [7, 11) is 0. The molecule has 0 aliphatic heterocycles. The minimum Gasteiger partial charge on any atom is -0.459 e. The van der Waals surface area contributed by atoms with E-state index in [1.807, 2.05) is 37.3 Å². The third kappa shape index (κ3) is 3.83. The van der Waals surface area contributed by atoms with E-state index in [0.29, 0.717) is 25.1 Å². The molecule has 2 aromatic heterocycles. The number of aromatic nitrogens is 2. The number of benzene rings is 1. The summed E-state index contributed by atoms with van der Waals surface area (Å²) >= 11 is 0. The minimum atomic E-state index is -0.310. The molecule has 0 unspecified atom stereocenters. The van der Waals surface area contributed by atoms with Crippen molar-refractivity contribution in [2.75, 3.05) is 13.1 Å². The molecule has 2 heterocycles. The highest BCUT2D eigenvalue weighted by atomic mass is 16.3. The van der Waals surface area contributed by atoms with Crippen LogP contribution in [0.25, 0.3) is 5.69 Å². The summed E-state index contributed by atoms with van der Waals surface area (Å²) in [6.07, 6.45) is 3.68. The van der Waals surface area contributed by atoms with Crippen molar-refractivity contribution < 1.29 is 14.0 Å². The predicted molar refractivity (Wildman–Crippen MR) is 96.3 cm³/mol. The van der Waals surface area contributed by atoms with Crippen molar-refractivity contribution in [1.82, 2.24) is 20.4 Å². The Morgan fingerprint density at radius 1 is 1.04 bits per heavy atom. The van der Waals surface area contributed by atoms with Crippen molar-refractivity contribution in [3.8, 4) is 5.69 Å². The fourth-order valence-corrected chi connectivity index (χ4v) is 2.64. The maximum absolute atomic E-state index is 12.4. The molecule has 1 aromatic carbocycles. The van der Waals surface area contributed by atoms with E-state index < -0.39 is 0 Å². The summed E-state index contributed by atoms with van der Waals surface area (Å²) in [5, 5.41) is 9.83. The molecule has 0 radical (unpaired) electrons. The van der Waals surface area contributed by atoms with Crippen molar-refractivity contribution in [2.45, 2.75) is 13.3 Å². The van der Waals surface area contributed by atoms with Crippen LogP contribution in [0.15, 0.2) is 59.3 Å². The van der Waals surface area contributed by atoms with Crippen LogP contribution in [-0.4, -0.2) is 34.7 Å². The average Bonchev–Trinajstić information content (AvgIpc) is 3.35. The molecule has 0 fully saturated rings. The van der Waals surface area contributed by atoms with Crippen LogP contribution in [0.4, 0.5) is 0 Å². The van der Waals surface area contributed by atoms with Gasteiger partial charge in [-0.1, -0.05) is 25.1 Å². The number of nitrogens with one attached hydrogen (secondary N) is 2. The number of amides is 2. The number of hydrogen-bond acceptors (Lipinski definition) is 4. The van der Waals surface area contributed by atoms with Gasteiger partial charge < -0.3 is 15.1 Å². The van der Waals surface area contributed by atoms with Gasteiger partial charge in [0.25, 0.3) is 11.8 Å². The van der Waals surface area contributed by atoms with Crippen molar-refractivity contribution in [1.29, 1.82) is 0 Å². The molecule has 0 bridgehead atoms. The maximum Gasteiger partial charge on any atom is 0.287 e. The van der Waals surface area contributed by atoms with Gasteiger partial charge in [-0.3, -0.25) is 9.59 Å². The molecule has 0 aliphatic carbocycles. The maximum atomic E-state index is 12.4.